The first-order valence-corrected chi connectivity index (χ1v) is 16.7. The first kappa shape index (κ1) is 37.9. The first-order chi connectivity index (χ1) is 23.4. The van der Waals surface area contributed by atoms with Crippen LogP contribution in [0.2, 0.25) is 0 Å². The van der Waals surface area contributed by atoms with Crippen molar-refractivity contribution in [1.29, 1.82) is 0 Å². The number of aromatic nitrogens is 2. The van der Waals surface area contributed by atoms with Crippen LogP contribution in [-0.2, 0) is 22.8 Å². The van der Waals surface area contributed by atoms with Gasteiger partial charge in [0.15, 0.2) is 0 Å². The maximum absolute atomic E-state index is 14.3. The monoisotopic (exact) mass is 701 g/mol. The maximum atomic E-state index is 14.3. The summed E-state index contributed by atoms with van der Waals surface area (Å²) in [6, 6.07) is 15.2. The number of anilines is 1. The minimum atomic E-state index is -4.64. The number of thiol groups is 1. The van der Waals surface area contributed by atoms with E-state index in [1.54, 1.807) is 7.05 Å². The Balaban J connectivity index is 0.000000841. The molecule has 1 aliphatic heterocycles. The zero-order chi connectivity index (χ0) is 35.7. The third-order valence-electron chi connectivity index (χ3n) is 9.27. The largest absolute Gasteiger partial charge is 0.483 e. The van der Waals surface area contributed by atoms with Crippen LogP contribution in [0.1, 0.15) is 72.9 Å². The van der Waals surface area contributed by atoms with Gasteiger partial charge in [-0.2, -0.15) is 13.2 Å². The molecule has 264 valence electrons. The van der Waals surface area contributed by atoms with Crippen molar-refractivity contribution < 1.29 is 32.3 Å². The molecule has 13 heteroatoms. The molecule has 49 heavy (non-hydrogen) atoms. The van der Waals surface area contributed by atoms with Crippen LogP contribution in [0.25, 0.3) is 22.2 Å². The fourth-order valence-corrected chi connectivity index (χ4v) is 6.80. The molecule has 3 atom stereocenters. The SMILES string of the molecule is CNS.Cc1nc2cc(-c3ccc(C4CCCC(C(=O)Nc5ccc(C(F)(F)F)cc5F)C4)cc3)cc(C3CCCNC3)c2n1C.O=CO. The molecule has 2 heterocycles. The summed E-state index contributed by atoms with van der Waals surface area (Å²) in [6.07, 6.45) is 0.702. The van der Waals surface area contributed by atoms with E-state index in [0.29, 0.717) is 24.8 Å². The molecule has 1 saturated heterocycles. The Morgan fingerprint density at radius 2 is 1.71 bits per heavy atom. The molecule has 8 nitrogen and oxygen atoms in total. The van der Waals surface area contributed by atoms with Gasteiger partial charge in [-0.15, -0.1) is 0 Å². The van der Waals surface area contributed by atoms with Crippen molar-refractivity contribution in [3.8, 4) is 11.1 Å². The molecule has 0 bridgehead atoms. The van der Waals surface area contributed by atoms with E-state index < -0.39 is 17.6 Å². The molecule has 0 radical (unpaired) electrons. The van der Waals surface area contributed by atoms with E-state index in [9.17, 15) is 22.4 Å². The number of alkyl halides is 3. The molecule has 0 spiro atoms. The molecule has 1 amide bonds. The van der Waals surface area contributed by atoms with Crippen LogP contribution >= 0.6 is 12.8 Å². The van der Waals surface area contributed by atoms with E-state index in [0.717, 1.165) is 78.9 Å². The summed E-state index contributed by atoms with van der Waals surface area (Å²) in [5.41, 5.74) is 5.63. The number of imidazole rings is 1. The Labute approximate surface area is 289 Å². The number of rotatable bonds is 5. The molecule has 3 aromatic carbocycles. The number of carboxylic acid groups (broad SMARTS) is 1. The van der Waals surface area contributed by atoms with Gasteiger partial charge in [0.2, 0.25) is 5.91 Å². The Hall–Kier alpha value is -3.94. The van der Waals surface area contributed by atoms with Crippen LogP contribution in [0, 0.1) is 18.7 Å². The summed E-state index contributed by atoms with van der Waals surface area (Å²) in [6.45, 7) is 3.81. The fourth-order valence-electron chi connectivity index (χ4n) is 6.80. The van der Waals surface area contributed by atoms with Crippen molar-refractivity contribution in [1.82, 2.24) is 19.6 Å². The zero-order valence-electron chi connectivity index (χ0n) is 27.8. The van der Waals surface area contributed by atoms with Crippen molar-refractivity contribution in [2.75, 3.05) is 25.5 Å². The first-order valence-electron chi connectivity index (χ1n) is 16.3. The summed E-state index contributed by atoms with van der Waals surface area (Å²) in [5.74, 6) is -0.199. The Morgan fingerprint density at radius 1 is 1.04 bits per heavy atom. The van der Waals surface area contributed by atoms with Crippen molar-refractivity contribution in [2.24, 2.45) is 13.0 Å². The summed E-state index contributed by atoms with van der Waals surface area (Å²) >= 11 is 3.54. The lowest BCUT2D eigenvalue weighted by molar-refractivity contribution is -0.137. The minimum absolute atomic E-state index is 0.167. The van der Waals surface area contributed by atoms with Crippen LogP contribution < -0.4 is 15.4 Å². The van der Waals surface area contributed by atoms with Crippen LogP contribution in [0.5, 0.6) is 0 Å². The van der Waals surface area contributed by atoms with Crippen LogP contribution in [0.4, 0.5) is 23.2 Å². The summed E-state index contributed by atoms with van der Waals surface area (Å²) < 4.78 is 57.6. The lowest BCUT2D eigenvalue weighted by Crippen LogP contribution is -2.28. The molecule has 6 rings (SSSR count). The van der Waals surface area contributed by atoms with Crippen molar-refractivity contribution in [2.45, 2.75) is 63.5 Å². The van der Waals surface area contributed by atoms with E-state index in [1.165, 1.54) is 11.1 Å². The second-order valence-electron chi connectivity index (χ2n) is 12.4. The second-order valence-corrected chi connectivity index (χ2v) is 12.8. The predicted molar refractivity (Wildman–Crippen MR) is 187 cm³/mol. The van der Waals surface area contributed by atoms with Crippen LogP contribution in [-0.4, -0.2) is 47.2 Å². The highest BCUT2D eigenvalue weighted by atomic mass is 32.1. The van der Waals surface area contributed by atoms with E-state index in [2.05, 4.69) is 76.2 Å². The number of aryl methyl sites for hydroxylation is 2. The molecule has 2 fully saturated rings. The average molecular weight is 702 g/mol. The average Bonchev–Trinajstić information content (AvgIpc) is 3.38. The molecule has 4 N–H and O–H groups in total. The number of carbonyl (C=O) groups excluding carboxylic acids is 1. The summed E-state index contributed by atoms with van der Waals surface area (Å²) in [5, 5.41) is 13.0. The molecular weight excluding hydrogens is 658 g/mol. The van der Waals surface area contributed by atoms with E-state index in [4.69, 9.17) is 14.9 Å². The summed E-state index contributed by atoms with van der Waals surface area (Å²) in [4.78, 5) is 26.2. The van der Waals surface area contributed by atoms with E-state index >= 15 is 0 Å². The number of carbonyl (C=O) groups is 2. The lowest BCUT2D eigenvalue weighted by atomic mass is 9.77. The van der Waals surface area contributed by atoms with Gasteiger partial charge < -0.3 is 20.3 Å². The number of hydrogen-bond donors (Lipinski definition) is 5. The molecule has 1 aromatic heterocycles. The van der Waals surface area contributed by atoms with Gasteiger partial charge in [-0.05, 0) is 117 Å². The van der Waals surface area contributed by atoms with Crippen molar-refractivity contribution in [3.63, 3.8) is 0 Å². The number of nitrogens with zero attached hydrogens (tertiary/aromatic N) is 2. The number of benzene rings is 3. The van der Waals surface area contributed by atoms with E-state index in [1.807, 2.05) is 6.92 Å². The normalized spacial score (nSPS) is 19.2. The number of halogens is 4. The molecular formula is C36H43F4N5O3S. The van der Waals surface area contributed by atoms with Crippen molar-refractivity contribution in [3.05, 3.63) is 82.9 Å². The number of nitrogens with one attached hydrogen (secondary N) is 3. The molecule has 1 saturated carbocycles. The van der Waals surface area contributed by atoms with Gasteiger partial charge in [0, 0.05) is 19.5 Å². The fraction of sp³-hybridized carbons (Fsp3) is 0.417. The van der Waals surface area contributed by atoms with Gasteiger partial charge in [-0.25, -0.2) is 9.37 Å². The molecule has 2 aliphatic rings. The zero-order valence-corrected chi connectivity index (χ0v) is 28.7. The smallest absolute Gasteiger partial charge is 0.416 e. The van der Waals surface area contributed by atoms with Crippen LogP contribution in [0.15, 0.2) is 54.6 Å². The molecule has 3 unspecified atom stereocenters. The highest BCUT2D eigenvalue weighted by Crippen LogP contribution is 2.39. The Kier molecular flexibility index (Phi) is 13.2. The van der Waals surface area contributed by atoms with Gasteiger partial charge in [0.1, 0.15) is 11.6 Å². The Morgan fingerprint density at radius 3 is 2.33 bits per heavy atom. The highest BCUT2D eigenvalue weighted by molar-refractivity contribution is 7.78. The number of hydrogen-bond acceptors (Lipinski definition) is 6. The number of fused-ring (bicyclic) bond motifs is 1. The van der Waals surface area contributed by atoms with Gasteiger partial charge >= 0.3 is 6.18 Å². The van der Waals surface area contributed by atoms with Gasteiger partial charge in [-0.3, -0.25) is 14.3 Å². The highest BCUT2D eigenvalue weighted by Gasteiger charge is 2.32. The second kappa shape index (κ2) is 17.1. The number of amides is 1. The molecule has 4 aromatic rings. The van der Waals surface area contributed by atoms with Gasteiger partial charge in [0.05, 0.1) is 22.3 Å². The predicted octanol–water partition coefficient (Wildman–Crippen LogP) is 7.84. The third kappa shape index (κ3) is 9.40. The Bertz CT molecular complexity index is 1720. The van der Waals surface area contributed by atoms with Gasteiger partial charge in [-0.1, -0.05) is 43.5 Å². The number of piperidine rings is 1. The van der Waals surface area contributed by atoms with E-state index in [-0.39, 0.29) is 29.9 Å². The lowest BCUT2D eigenvalue weighted by Gasteiger charge is -2.29. The summed E-state index contributed by atoms with van der Waals surface area (Å²) in [7, 11) is 3.82. The standard InChI is InChI=1S/C34H36F4N4O.CH5NS.CH2O2/c1-20-40-31-17-26(16-28(32(31)42(20)2)25-7-4-14-39-19-25)22-10-8-21(9-11-22)23-5-3-6-24(15-23)33(43)41-30-13-12-27(18-29(30)35)34(36,37)38;1-2-3;2-1-3/h8-13,16-18,23-25,39H,3-7,14-15,19H2,1-2H3,(H,41,43);2-3H,1H3;1H,(H,2,3). The van der Waals surface area contributed by atoms with Gasteiger partial charge in [0.25, 0.3) is 6.47 Å². The maximum Gasteiger partial charge on any atom is 0.416 e. The minimum Gasteiger partial charge on any atom is -0.483 e. The third-order valence-corrected chi connectivity index (χ3v) is 9.27. The van der Waals surface area contributed by atoms with Crippen molar-refractivity contribution >= 4 is 41.9 Å². The molecule has 1 aliphatic carbocycles. The van der Waals surface area contributed by atoms with Crippen LogP contribution in [0.3, 0.4) is 0 Å². The quantitative estimate of drug-likeness (QED) is 0.0825. The topological polar surface area (TPSA) is 108 Å².